The van der Waals surface area contributed by atoms with Gasteiger partial charge in [0.15, 0.2) is 0 Å². The second-order valence-corrected chi connectivity index (χ2v) is 4.12. The van der Waals surface area contributed by atoms with E-state index >= 15 is 0 Å². The number of nitro groups is 1. The number of non-ortho nitro benzene ring substituents is 1. The molecule has 2 N–H and O–H groups in total. The van der Waals surface area contributed by atoms with Crippen molar-refractivity contribution in [3.05, 3.63) is 64.2 Å². The standard InChI is InChI=1S/C14H11N3O4/c18-9-10-1-3-11(4-2-10)15-14(19)16-12-5-7-13(8-6-12)17(20)21/h1-9H,(H2,15,16,19). The summed E-state index contributed by atoms with van der Waals surface area (Å²) in [5.41, 5.74) is 1.42. The van der Waals surface area contributed by atoms with Gasteiger partial charge in [-0.25, -0.2) is 4.79 Å². The summed E-state index contributed by atoms with van der Waals surface area (Å²) in [4.78, 5) is 32.2. The van der Waals surface area contributed by atoms with E-state index < -0.39 is 11.0 Å². The third kappa shape index (κ3) is 3.87. The molecule has 0 aliphatic carbocycles. The Morgan fingerprint density at radius 1 is 0.952 bits per heavy atom. The zero-order valence-corrected chi connectivity index (χ0v) is 10.8. The van der Waals surface area contributed by atoms with Crippen LogP contribution in [0.2, 0.25) is 0 Å². The molecule has 0 radical (unpaired) electrons. The summed E-state index contributed by atoms with van der Waals surface area (Å²) in [6.07, 6.45) is 0.709. The van der Waals surface area contributed by atoms with Crippen LogP contribution < -0.4 is 10.6 Å². The van der Waals surface area contributed by atoms with Crippen molar-refractivity contribution in [2.45, 2.75) is 0 Å². The van der Waals surface area contributed by atoms with E-state index in [4.69, 9.17) is 0 Å². The minimum Gasteiger partial charge on any atom is -0.308 e. The molecule has 0 unspecified atom stereocenters. The van der Waals surface area contributed by atoms with Crippen LogP contribution in [0.5, 0.6) is 0 Å². The maximum atomic E-state index is 11.7. The minimum absolute atomic E-state index is 0.0505. The van der Waals surface area contributed by atoms with Crippen LogP contribution in [0.15, 0.2) is 48.5 Å². The average molecular weight is 285 g/mol. The van der Waals surface area contributed by atoms with Crippen molar-refractivity contribution in [3.8, 4) is 0 Å². The SMILES string of the molecule is O=Cc1ccc(NC(=O)Nc2ccc([N+](=O)[O-])cc2)cc1. The number of nitro benzene ring substituents is 1. The number of nitrogens with zero attached hydrogens (tertiary/aromatic N) is 1. The summed E-state index contributed by atoms with van der Waals surface area (Å²) < 4.78 is 0. The van der Waals surface area contributed by atoms with E-state index in [1.807, 2.05) is 0 Å². The highest BCUT2D eigenvalue weighted by Crippen LogP contribution is 2.16. The summed E-state index contributed by atoms with van der Waals surface area (Å²) in [5, 5.41) is 15.6. The zero-order valence-electron chi connectivity index (χ0n) is 10.8. The van der Waals surface area contributed by atoms with E-state index in [0.717, 1.165) is 0 Å². The molecule has 7 nitrogen and oxygen atoms in total. The number of rotatable bonds is 4. The molecule has 21 heavy (non-hydrogen) atoms. The fourth-order valence-corrected chi connectivity index (χ4v) is 1.60. The van der Waals surface area contributed by atoms with Crippen LogP contribution >= 0.6 is 0 Å². The predicted molar refractivity (Wildman–Crippen MR) is 77.6 cm³/mol. The second kappa shape index (κ2) is 6.29. The number of nitrogens with one attached hydrogen (secondary N) is 2. The van der Waals surface area contributed by atoms with E-state index in [0.29, 0.717) is 23.2 Å². The van der Waals surface area contributed by atoms with Gasteiger partial charge in [0.05, 0.1) is 4.92 Å². The number of hydrogen-bond donors (Lipinski definition) is 2. The van der Waals surface area contributed by atoms with E-state index in [1.165, 1.54) is 24.3 Å². The number of urea groups is 1. The first-order valence-corrected chi connectivity index (χ1v) is 5.96. The van der Waals surface area contributed by atoms with Gasteiger partial charge in [0.2, 0.25) is 0 Å². The number of hydrogen-bond acceptors (Lipinski definition) is 4. The quantitative estimate of drug-likeness (QED) is 0.512. The van der Waals surface area contributed by atoms with Crippen molar-refractivity contribution in [3.63, 3.8) is 0 Å². The first-order chi connectivity index (χ1) is 10.1. The van der Waals surface area contributed by atoms with Crippen LogP contribution in [0.25, 0.3) is 0 Å². The second-order valence-electron chi connectivity index (χ2n) is 4.12. The van der Waals surface area contributed by atoms with Gasteiger partial charge in [0, 0.05) is 29.1 Å². The van der Waals surface area contributed by atoms with Crippen molar-refractivity contribution >= 4 is 29.4 Å². The molecule has 0 atom stereocenters. The van der Waals surface area contributed by atoms with Crippen molar-refractivity contribution in [1.82, 2.24) is 0 Å². The highest BCUT2D eigenvalue weighted by molar-refractivity contribution is 5.99. The molecule has 0 aliphatic rings. The fraction of sp³-hybridized carbons (Fsp3) is 0. The molecule has 0 aromatic heterocycles. The number of carbonyl (C=O) groups excluding carboxylic acids is 2. The average Bonchev–Trinajstić information content (AvgIpc) is 2.48. The number of benzene rings is 2. The molecule has 2 amide bonds. The first-order valence-electron chi connectivity index (χ1n) is 5.96. The summed E-state index contributed by atoms with van der Waals surface area (Å²) >= 11 is 0. The molecule has 0 spiro atoms. The minimum atomic E-state index is -0.515. The molecule has 2 rings (SSSR count). The van der Waals surface area contributed by atoms with Gasteiger partial charge in [0.25, 0.3) is 5.69 Å². The Balaban J connectivity index is 1.97. The third-order valence-electron chi connectivity index (χ3n) is 2.64. The maximum Gasteiger partial charge on any atom is 0.323 e. The molecule has 0 saturated carbocycles. The molecule has 0 aliphatic heterocycles. The molecular weight excluding hydrogens is 274 g/mol. The Bertz CT molecular complexity index is 666. The number of carbonyl (C=O) groups is 2. The molecule has 106 valence electrons. The lowest BCUT2D eigenvalue weighted by Crippen LogP contribution is -2.19. The highest BCUT2D eigenvalue weighted by Gasteiger charge is 2.06. The lowest BCUT2D eigenvalue weighted by molar-refractivity contribution is -0.384. The van der Waals surface area contributed by atoms with E-state index in [-0.39, 0.29) is 5.69 Å². The monoisotopic (exact) mass is 285 g/mol. The topological polar surface area (TPSA) is 101 Å². The molecule has 2 aromatic rings. The van der Waals surface area contributed by atoms with Crippen molar-refractivity contribution in [1.29, 1.82) is 0 Å². The lowest BCUT2D eigenvalue weighted by atomic mass is 10.2. The Hall–Kier alpha value is -3.22. The number of aldehydes is 1. The van der Waals surface area contributed by atoms with Crippen molar-refractivity contribution in [2.24, 2.45) is 0 Å². The van der Waals surface area contributed by atoms with E-state index in [1.54, 1.807) is 24.3 Å². The van der Waals surface area contributed by atoms with Crippen LogP contribution in [0.3, 0.4) is 0 Å². The number of amides is 2. The maximum absolute atomic E-state index is 11.7. The van der Waals surface area contributed by atoms with E-state index in [2.05, 4.69) is 10.6 Å². The Labute approximate surface area is 119 Å². The first kappa shape index (κ1) is 14.2. The molecule has 0 fully saturated rings. The van der Waals surface area contributed by atoms with Crippen LogP contribution in [-0.2, 0) is 0 Å². The van der Waals surface area contributed by atoms with E-state index in [9.17, 15) is 19.7 Å². The zero-order chi connectivity index (χ0) is 15.2. The Kier molecular flexibility index (Phi) is 4.25. The third-order valence-corrected chi connectivity index (χ3v) is 2.64. The van der Waals surface area contributed by atoms with Crippen LogP contribution in [-0.4, -0.2) is 17.2 Å². The van der Waals surface area contributed by atoms with Gasteiger partial charge in [-0.05, 0) is 36.4 Å². The van der Waals surface area contributed by atoms with Gasteiger partial charge in [-0.2, -0.15) is 0 Å². The van der Waals surface area contributed by atoms with Crippen molar-refractivity contribution < 1.29 is 14.5 Å². The van der Waals surface area contributed by atoms with Gasteiger partial charge < -0.3 is 10.6 Å². The molecular formula is C14H11N3O4. The fourth-order valence-electron chi connectivity index (χ4n) is 1.60. The largest absolute Gasteiger partial charge is 0.323 e. The lowest BCUT2D eigenvalue weighted by Gasteiger charge is -2.07. The van der Waals surface area contributed by atoms with Gasteiger partial charge in [-0.3, -0.25) is 14.9 Å². The molecule has 7 heteroatoms. The van der Waals surface area contributed by atoms with Crippen LogP contribution in [0.4, 0.5) is 21.9 Å². The van der Waals surface area contributed by atoms with Gasteiger partial charge >= 0.3 is 6.03 Å². The van der Waals surface area contributed by atoms with Gasteiger partial charge in [0.1, 0.15) is 6.29 Å². The van der Waals surface area contributed by atoms with Gasteiger partial charge in [-0.1, -0.05) is 0 Å². The molecule has 2 aromatic carbocycles. The Morgan fingerprint density at radius 3 is 1.86 bits per heavy atom. The van der Waals surface area contributed by atoms with Crippen LogP contribution in [0, 0.1) is 10.1 Å². The summed E-state index contributed by atoms with van der Waals surface area (Å²) in [7, 11) is 0. The predicted octanol–water partition coefficient (Wildman–Crippen LogP) is 3.05. The smallest absolute Gasteiger partial charge is 0.308 e. The molecule has 0 heterocycles. The normalized spacial score (nSPS) is 9.71. The van der Waals surface area contributed by atoms with Crippen molar-refractivity contribution in [2.75, 3.05) is 10.6 Å². The highest BCUT2D eigenvalue weighted by atomic mass is 16.6. The summed E-state index contributed by atoms with van der Waals surface area (Å²) in [5.74, 6) is 0. The Morgan fingerprint density at radius 2 is 1.43 bits per heavy atom. The van der Waals surface area contributed by atoms with Crippen LogP contribution in [0.1, 0.15) is 10.4 Å². The summed E-state index contributed by atoms with van der Waals surface area (Å²) in [6, 6.07) is 11.3. The van der Waals surface area contributed by atoms with Gasteiger partial charge in [-0.15, -0.1) is 0 Å². The number of anilines is 2. The molecule has 0 bridgehead atoms. The molecule has 0 saturated heterocycles. The summed E-state index contributed by atoms with van der Waals surface area (Å²) in [6.45, 7) is 0.